The molecule has 0 aromatic rings. The van der Waals surface area contributed by atoms with E-state index in [1.165, 1.54) is 5.57 Å². The molecule has 56 valence electrons. The topological polar surface area (TPSA) is 20.2 Å². The molecule has 10 heavy (non-hydrogen) atoms. The zero-order valence-corrected chi connectivity index (χ0v) is 6.59. The normalized spacial score (nSPS) is 18.7. The quantitative estimate of drug-likeness (QED) is 0.590. The Morgan fingerprint density at radius 3 is 2.60 bits per heavy atom. The predicted molar refractivity (Wildman–Crippen MR) is 42.9 cm³/mol. The van der Waals surface area contributed by atoms with Crippen LogP contribution >= 0.6 is 0 Å². The van der Waals surface area contributed by atoms with Crippen molar-refractivity contribution in [3.8, 4) is 0 Å². The van der Waals surface area contributed by atoms with Crippen LogP contribution < -0.4 is 0 Å². The molecule has 0 unspecified atom stereocenters. The number of aliphatic hydroxyl groups excluding tert-OH is 1. The molecule has 1 aliphatic rings. The summed E-state index contributed by atoms with van der Waals surface area (Å²) >= 11 is 0. The zero-order valence-electron chi connectivity index (χ0n) is 6.59. The van der Waals surface area contributed by atoms with Gasteiger partial charge in [-0.2, -0.15) is 0 Å². The summed E-state index contributed by atoms with van der Waals surface area (Å²) in [5.41, 5.74) is 1.27. The monoisotopic (exact) mass is 138 g/mol. The molecule has 0 atom stereocenters. The Morgan fingerprint density at radius 1 is 1.50 bits per heavy atom. The Kier molecular flexibility index (Phi) is 2.15. The molecule has 0 saturated carbocycles. The molecular weight excluding hydrogens is 124 g/mol. The van der Waals surface area contributed by atoms with Crippen LogP contribution in [0.15, 0.2) is 23.5 Å². The summed E-state index contributed by atoms with van der Waals surface area (Å²) in [5.74, 6) is 1.08. The van der Waals surface area contributed by atoms with Crippen LogP contribution in [0.1, 0.15) is 26.7 Å². The van der Waals surface area contributed by atoms with Crippen molar-refractivity contribution in [2.24, 2.45) is 5.92 Å². The summed E-state index contributed by atoms with van der Waals surface area (Å²) in [5, 5.41) is 9.15. The van der Waals surface area contributed by atoms with E-state index >= 15 is 0 Å². The standard InChI is InChI=1S/C9H14O/c1-7(2)8-4-3-5-9(10)6-8/h4,6-7,10H,3,5H2,1-2H3. The van der Waals surface area contributed by atoms with E-state index in [-0.39, 0.29) is 0 Å². The molecule has 0 saturated heterocycles. The van der Waals surface area contributed by atoms with Gasteiger partial charge in [0.05, 0.1) is 5.76 Å². The van der Waals surface area contributed by atoms with Crippen LogP contribution in [0.3, 0.4) is 0 Å². The highest BCUT2D eigenvalue weighted by Crippen LogP contribution is 2.20. The van der Waals surface area contributed by atoms with E-state index < -0.39 is 0 Å². The lowest BCUT2D eigenvalue weighted by molar-refractivity contribution is 0.385. The van der Waals surface area contributed by atoms with Crippen LogP contribution in [-0.2, 0) is 0 Å². The first kappa shape index (κ1) is 7.39. The molecule has 0 spiro atoms. The summed E-state index contributed by atoms with van der Waals surface area (Å²) in [6.45, 7) is 4.28. The third-order valence-electron chi connectivity index (χ3n) is 1.78. The number of hydrogen-bond donors (Lipinski definition) is 1. The summed E-state index contributed by atoms with van der Waals surface area (Å²) < 4.78 is 0. The number of aliphatic hydroxyl groups is 1. The molecule has 0 bridgehead atoms. The maximum Gasteiger partial charge on any atom is 0.0928 e. The molecular formula is C9H14O. The van der Waals surface area contributed by atoms with Gasteiger partial charge in [0.2, 0.25) is 0 Å². The van der Waals surface area contributed by atoms with E-state index in [2.05, 4.69) is 19.9 Å². The maximum absolute atomic E-state index is 9.15. The van der Waals surface area contributed by atoms with Gasteiger partial charge in [-0.15, -0.1) is 0 Å². The molecule has 0 fully saturated rings. The Hall–Kier alpha value is -0.720. The Labute approximate surface area is 62.1 Å². The second-order valence-corrected chi connectivity index (χ2v) is 3.03. The number of allylic oxidation sites excluding steroid dienone is 4. The lowest BCUT2D eigenvalue weighted by Gasteiger charge is -2.11. The summed E-state index contributed by atoms with van der Waals surface area (Å²) in [6.07, 6.45) is 5.89. The first-order chi connectivity index (χ1) is 4.70. The van der Waals surface area contributed by atoms with E-state index in [1.807, 2.05) is 6.08 Å². The van der Waals surface area contributed by atoms with Crippen molar-refractivity contribution < 1.29 is 5.11 Å². The zero-order chi connectivity index (χ0) is 7.56. The van der Waals surface area contributed by atoms with Crippen LogP contribution in [0, 0.1) is 5.92 Å². The summed E-state index contributed by atoms with van der Waals surface area (Å²) in [7, 11) is 0. The molecule has 0 aliphatic heterocycles. The van der Waals surface area contributed by atoms with Crippen molar-refractivity contribution >= 4 is 0 Å². The molecule has 0 amide bonds. The smallest absolute Gasteiger partial charge is 0.0928 e. The molecule has 0 aromatic heterocycles. The first-order valence-electron chi connectivity index (χ1n) is 3.79. The average molecular weight is 138 g/mol. The lowest BCUT2D eigenvalue weighted by atomic mass is 9.96. The van der Waals surface area contributed by atoms with Gasteiger partial charge in [-0.05, 0) is 24.0 Å². The SMILES string of the molecule is CC(C)C1=CCCC(O)=C1. The van der Waals surface area contributed by atoms with Crippen molar-refractivity contribution in [3.05, 3.63) is 23.5 Å². The Morgan fingerprint density at radius 2 is 2.20 bits per heavy atom. The van der Waals surface area contributed by atoms with Crippen molar-refractivity contribution in [1.82, 2.24) is 0 Å². The number of hydrogen-bond acceptors (Lipinski definition) is 1. The largest absolute Gasteiger partial charge is 0.512 e. The van der Waals surface area contributed by atoms with Gasteiger partial charge in [-0.3, -0.25) is 0 Å². The summed E-state index contributed by atoms with van der Waals surface area (Å²) in [6, 6.07) is 0. The van der Waals surface area contributed by atoms with Crippen LogP contribution in [-0.4, -0.2) is 5.11 Å². The van der Waals surface area contributed by atoms with Crippen LogP contribution in [0.5, 0.6) is 0 Å². The van der Waals surface area contributed by atoms with Gasteiger partial charge >= 0.3 is 0 Å². The van der Waals surface area contributed by atoms with Gasteiger partial charge in [0.15, 0.2) is 0 Å². The third-order valence-corrected chi connectivity index (χ3v) is 1.78. The molecule has 1 N–H and O–H groups in total. The van der Waals surface area contributed by atoms with Crippen molar-refractivity contribution in [1.29, 1.82) is 0 Å². The fraction of sp³-hybridized carbons (Fsp3) is 0.556. The van der Waals surface area contributed by atoms with Crippen LogP contribution in [0.4, 0.5) is 0 Å². The lowest BCUT2D eigenvalue weighted by Crippen LogP contribution is -1.97. The van der Waals surface area contributed by atoms with Gasteiger partial charge in [-0.25, -0.2) is 0 Å². The molecule has 0 aromatic carbocycles. The molecule has 0 radical (unpaired) electrons. The minimum Gasteiger partial charge on any atom is -0.512 e. The predicted octanol–water partition coefficient (Wildman–Crippen LogP) is 2.80. The van der Waals surface area contributed by atoms with Crippen LogP contribution in [0.25, 0.3) is 0 Å². The van der Waals surface area contributed by atoms with Crippen molar-refractivity contribution in [2.45, 2.75) is 26.7 Å². The van der Waals surface area contributed by atoms with E-state index in [4.69, 9.17) is 5.11 Å². The highest BCUT2D eigenvalue weighted by atomic mass is 16.3. The Bertz CT molecular complexity index is 175. The van der Waals surface area contributed by atoms with E-state index in [0.29, 0.717) is 11.7 Å². The minimum absolute atomic E-state index is 0.534. The van der Waals surface area contributed by atoms with Gasteiger partial charge in [0, 0.05) is 6.42 Å². The second kappa shape index (κ2) is 2.91. The second-order valence-electron chi connectivity index (χ2n) is 3.03. The molecule has 1 aliphatic carbocycles. The summed E-state index contributed by atoms with van der Waals surface area (Å²) in [4.78, 5) is 0. The Balaban J connectivity index is 2.69. The maximum atomic E-state index is 9.15. The fourth-order valence-corrected chi connectivity index (χ4v) is 1.11. The molecule has 0 heterocycles. The van der Waals surface area contributed by atoms with Gasteiger partial charge in [0.1, 0.15) is 0 Å². The van der Waals surface area contributed by atoms with Gasteiger partial charge < -0.3 is 5.11 Å². The van der Waals surface area contributed by atoms with Gasteiger partial charge in [0.25, 0.3) is 0 Å². The molecule has 1 heteroatoms. The first-order valence-corrected chi connectivity index (χ1v) is 3.79. The number of rotatable bonds is 1. The van der Waals surface area contributed by atoms with Crippen molar-refractivity contribution in [2.75, 3.05) is 0 Å². The molecule has 1 rings (SSSR count). The third kappa shape index (κ3) is 1.63. The average Bonchev–Trinajstić information content (AvgIpc) is 1.88. The van der Waals surface area contributed by atoms with E-state index in [9.17, 15) is 0 Å². The molecule has 1 nitrogen and oxygen atoms in total. The highest BCUT2D eigenvalue weighted by Gasteiger charge is 2.05. The van der Waals surface area contributed by atoms with Crippen molar-refractivity contribution in [3.63, 3.8) is 0 Å². The van der Waals surface area contributed by atoms with E-state index in [1.54, 1.807) is 0 Å². The van der Waals surface area contributed by atoms with Crippen LogP contribution in [0.2, 0.25) is 0 Å². The minimum atomic E-state index is 0.534. The fourth-order valence-electron chi connectivity index (χ4n) is 1.11. The van der Waals surface area contributed by atoms with E-state index in [0.717, 1.165) is 12.8 Å². The van der Waals surface area contributed by atoms with Gasteiger partial charge in [-0.1, -0.05) is 19.9 Å². The highest BCUT2D eigenvalue weighted by molar-refractivity contribution is 5.25.